The Morgan fingerprint density at radius 3 is 2.46 bits per heavy atom. The largest absolute Gasteiger partial charge is 0.462 e. The molecule has 0 amide bonds. The molecule has 192 valence electrons. The molecule has 10 heteroatoms. The minimum Gasteiger partial charge on any atom is -0.462 e. The highest BCUT2D eigenvalue weighted by atomic mass is 35.5. The molecule has 0 aliphatic heterocycles. The van der Waals surface area contributed by atoms with E-state index < -0.39 is 15.7 Å². The number of aromatic nitrogens is 2. The van der Waals surface area contributed by atoms with Gasteiger partial charge >= 0.3 is 5.97 Å². The van der Waals surface area contributed by atoms with Gasteiger partial charge in [0.25, 0.3) is 0 Å². The van der Waals surface area contributed by atoms with Crippen molar-refractivity contribution >= 4 is 61.5 Å². The minimum absolute atomic E-state index is 0.0155. The van der Waals surface area contributed by atoms with Crippen LogP contribution >= 0.6 is 11.6 Å². The number of nitrogens with zero attached hydrogens (tertiary/aromatic N) is 3. The molecule has 0 saturated heterocycles. The topological polar surface area (TPSA) is 105 Å². The van der Waals surface area contributed by atoms with Crippen molar-refractivity contribution in [2.75, 3.05) is 16.4 Å². The summed E-state index contributed by atoms with van der Waals surface area (Å²) in [6.07, 6.45) is 1.71. The number of fused-ring (bicyclic) bond motifs is 1. The number of esters is 1. The second-order valence-corrected chi connectivity index (χ2v) is 10.9. The third-order valence-corrected chi connectivity index (χ3v) is 7.35. The van der Waals surface area contributed by atoms with Crippen molar-refractivity contribution in [3.8, 4) is 0 Å². The second kappa shape index (κ2) is 11.2. The lowest BCUT2D eigenvalue weighted by Gasteiger charge is -2.21. The van der Waals surface area contributed by atoms with E-state index in [0.717, 1.165) is 23.5 Å². The lowest BCUT2D eigenvalue weighted by Crippen LogP contribution is -2.20. The van der Waals surface area contributed by atoms with Gasteiger partial charge in [0, 0.05) is 9.92 Å². The smallest absolute Gasteiger partial charge is 0.338 e. The van der Waals surface area contributed by atoms with Crippen LogP contribution in [0.25, 0.3) is 11.0 Å². The van der Waals surface area contributed by atoms with Gasteiger partial charge in [-0.05, 0) is 85.4 Å². The monoisotopic (exact) mass is 538 g/mol. The zero-order valence-corrected chi connectivity index (χ0v) is 22.1. The lowest BCUT2D eigenvalue weighted by atomic mass is 10.2. The Hall–Kier alpha value is -3.66. The number of ether oxygens (including phenoxy) is 1. The molecule has 8 nitrogen and oxygen atoms in total. The summed E-state index contributed by atoms with van der Waals surface area (Å²) in [6, 6.07) is 18.2. The van der Waals surface area contributed by atoms with Crippen LogP contribution in [0.2, 0.25) is 5.02 Å². The van der Waals surface area contributed by atoms with Crippen molar-refractivity contribution in [3.05, 3.63) is 82.9 Å². The van der Waals surface area contributed by atoms with Crippen LogP contribution in [-0.4, -0.2) is 37.8 Å². The molecule has 0 saturated carbocycles. The maximum atomic E-state index is 13.5. The number of halogens is 1. The number of aryl methyl sites for hydroxylation is 1. The van der Waals surface area contributed by atoms with Crippen LogP contribution in [0.5, 0.6) is 0 Å². The second-order valence-electron chi connectivity index (χ2n) is 8.47. The van der Waals surface area contributed by atoms with Gasteiger partial charge in [-0.25, -0.2) is 24.0 Å². The summed E-state index contributed by atoms with van der Waals surface area (Å²) >= 11 is 5.97. The van der Waals surface area contributed by atoms with Crippen molar-refractivity contribution in [3.63, 3.8) is 0 Å². The van der Waals surface area contributed by atoms with Crippen LogP contribution in [0.3, 0.4) is 0 Å². The van der Waals surface area contributed by atoms with Gasteiger partial charge in [0.2, 0.25) is 5.82 Å². The summed E-state index contributed by atoms with van der Waals surface area (Å²) in [5, 5.41) is 12.5. The van der Waals surface area contributed by atoms with E-state index in [9.17, 15) is 14.2 Å². The average molecular weight is 539 g/mol. The molecule has 4 aromatic rings. The van der Waals surface area contributed by atoms with Crippen LogP contribution in [0.4, 0.5) is 17.3 Å². The fourth-order valence-electron chi connectivity index (χ4n) is 3.49. The number of anilines is 3. The predicted octanol–water partition coefficient (Wildman–Crippen LogP) is 6.18. The Labute approximate surface area is 221 Å². The summed E-state index contributed by atoms with van der Waals surface area (Å²) in [4.78, 5) is 21.8. The van der Waals surface area contributed by atoms with Crippen LogP contribution < -0.4 is 9.79 Å². The van der Waals surface area contributed by atoms with Gasteiger partial charge in [0.15, 0.2) is 5.82 Å². The zero-order chi connectivity index (χ0) is 26.6. The molecule has 1 heterocycles. The Bertz CT molecular complexity index is 1530. The first-order valence-corrected chi connectivity index (χ1v) is 13.7. The lowest BCUT2D eigenvalue weighted by molar-refractivity contribution is 0.0499. The molecule has 0 radical (unpaired) electrons. The van der Waals surface area contributed by atoms with Gasteiger partial charge in [-0.15, -0.1) is 0 Å². The van der Waals surface area contributed by atoms with Crippen LogP contribution in [-0.2, 0) is 14.4 Å². The summed E-state index contributed by atoms with van der Waals surface area (Å²) in [5.41, 5.74) is 2.72. The molecule has 4 rings (SSSR count). The van der Waals surface area contributed by atoms with E-state index in [0.29, 0.717) is 38.8 Å². The summed E-state index contributed by atoms with van der Waals surface area (Å²) in [6.45, 7) is 4.29. The Kier molecular flexibility index (Phi) is 7.97. The molecule has 0 bridgehead atoms. The number of unbranched alkanes of at least 4 members (excludes halogenated alkanes) is 1. The molecule has 0 aliphatic rings. The van der Waals surface area contributed by atoms with Gasteiger partial charge in [-0.2, -0.15) is 0 Å². The number of nitrogens with one attached hydrogen (secondary N) is 1. The number of benzene rings is 3. The van der Waals surface area contributed by atoms with E-state index in [4.69, 9.17) is 16.3 Å². The highest BCUT2D eigenvalue weighted by molar-refractivity contribution is 8.01. The zero-order valence-electron chi connectivity index (χ0n) is 20.5. The Morgan fingerprint density at radius 1 is 1.08 bits per heavy atom. The van der Waals surface area contributed by atoms with E-state index in [2.05, 4.69) is 20.6 Å². The van der Waals surface area contributed by atoms with Gasteiger partial charge in [-0.3, -0.25) is 9.93 Å². The molecule has 2 N–H and O–H groups in total. The number of carbonyl (C=O) groups is 1. The Balaban J connectivity index is 1.70. The van der Waals surface area contributed by atoms with Crippen molar-refractivity contribution in [1.29, 1.82) is 0 Å². The molecule has 37 heavy (non-hydrogen) atoms. The molecular weight excluding hydrogens is 512 g/mol. The molecule has 0 spiro atoms. The van der Waals surface area contributed by atoms with E-state index in [-0.39, 0.29) is 11.6 Å². The number of carbonyl (C=O) groups excluding carboxylic acids is 1. The van der Waals surface area contributed by atoms with Gasteiger partial charge < -0.3 is 4.74 Å². The predicted molar refractivity (Wildman–Crippen MR) is 148 cm³/mol. The molecular formula is C27H27ClN4O4S. The molecule has 3 aromatic carbocycles. The normalized spacial score (nSPS) is 12.6. The van der Waals surface area contributed by atoms with E-state index in [1.165, 1.54) is 0 Å². The first-order chi connectivity index (χ1) is 17.7. The van der Waals surface area contributed by atoms with Crippen LogP contribution in [0.1, 0.15) is 35.7 Å². The highest BCUT2D eigenvalue weighted by Crippen LogP contribution is 2.31. The first-order valence-electron chi connectivity index (χ1n) is 11.6. The Morgan fingerprint density at radius 2 is 1.78 bits per heavy atom. The average Bonchev–Trinajstić information content (AvgIpc) is 2.88. The summed E-state index contributed by atoms with van der Waals surface area (Å²) in [5.74, 6) is 3.49. The number of rotatable bonds is 9. The van der Waals surface area contributed by atoms with E-state index >= 15 is 0 Å². The molecule has 1 unspecified atom stereocenters. The number of hydrogen-bond donors (Lipinski definition) is 2. The van der Waals surface area contributed by atoms with Crippen LogP contribution in [0.15, 0.2) is 71.6 Å². The quantitative estimate of drug-likeness (QED) is 0.113. The first kappa shape index (κ1) is 26.4. The summed E-state index contributed by atoms with van der Waals surface area (Å²) < 4.78 is 21.6. The number of hydrogen-bond acceptors (Lipinski definition) is 7. The molecule has 1 aromatic heterocycles. The van der Waals surface area contributed by atoms with Crippen LogP contribution in [0, 0.1) is 6.92 Å². The maximum Gasteiger partial charge on any atom is 0.338 e. The fraction of sp³-hybridized carbons (Fsp3) is 0.185. The summed E-state index contributed by atoms with van der Waals surface area (Å²) in [7, 11) is -3.08. The molecule has 1 atom stereocenters. The molecule has 0 aliphatic carbocycles. The van der Waals surface area contributed by atoms with Gasteiger partial charge in [0.1, 0.15) is 0 Å². The fourth-order valence-corrected chi connectivity index (χ4v) is 4.76. The van der Waals surface area contributed by atoms with Crippen molar-refractivity contribution in [2.45, 2.75) is 31.6 Å². The minimum atomic E-state index is -3.08. The van der Waals surface area contributed by atoms with E-state index in [1.54, 1.807) is 54.6 Å². The van der Waals surface area contributed by atoms with Gasteiger partial charge in [0.05, 0.1) is 38.6 Å². The van der Waals surface area contributed by atoms with Crippen molar-refractivity contribution in [1.82, 2.24) is 9.97 Å². The third kappa shape index (κ3) is 6.19. The van der Waals surface area contributed by atoms with E-state index in [1.807, 2.05) is 26.0 Å². The highest BCUT2D eigenvalue weighted by Gasteiger charge is 2.20. The third-order valence-electron chi connectivity index (χ3n) is 5.54. The standard InChI is InChI=1S/C27H27ClN4O4S/c1-4-5-16-36-27(33)19-7-11-21(12-8-19)32(34)26-25(29-23-15-6-18(2)17-24(23)30-26)31-37(3,35)22-13-9-20(28)10-14-22/h6-15,17,34H,3-5,16H2,1-2H3,(H,29,31,35). The van der Waals surface area contributed by atoms with Crippen molar-refractivity contribution < 1.29 is 18.9 Å². The van der Waals surface area contributed by atoms with Crippen molar-refractivity contribution in [2.24, 2.45) is 0 Å². The SMILES string of the molecule is C=S(=O)(Nc1nc2ccc(C)cc2nc1N(O)c1ccc(C(=O)OCCCC)cc1)c1ccc(Cl)cc1. The molecule has 0 fully saturated rings. The van der Waals surface area contributed by atoms with Gasteiger partial charge in [-0.1, -0.05) is 31.0 Å². The maximum absolute atomic E-state index is 13.5.